The Bertz CT molecular complexity index is 568. The minimum Gasteiger partial charge on any atom is -0.313 e. The maximum Gasteiger partial charge on any atom is 0.146 e. The van der Waals surface area contributed by atoms with E-state index in [-0.39, 0.29) is 16.9 Å². The van der Waals surface area contributed by atoms with E-state index in [1.54, 1.807) is 18.2 Å². The normalized spacial score (nSPS) is 12.4. The summed E-state index contributed by atoms with van der Waals surface area (Å²) >= 11 is 5.85. The second-order valence-electron chi connectivity index (χ2n) is 4.61. The molecule has 1 unspecified atom stereocenters. The Hall–Kier alpha value is -1.38. The Morgan fingerprint density at radius 1 is 1.16 bits per heavy atom. The van der Waals surface area contributed by atoms with E-state index in [2.05, 4.69) is 24.4 Å². The molecule has 1 atom stereocenters. The number of benzene rings is 2. The van der Waals surface area contributed by atoms with Gasteiger partial charge in [-0.05, 0) is 37.6 Å². The predicted octanol–water partition coefficient (Wildman–Crippen LogP) is 4.29. The molecule has 0 aromatic heterocycles. The topological polar surface area (TPSA) is 12.0 Å². The number of nitrogens with one attached hydrogen (secondary N) is 1. The van der Waals surface area contributed by atoms with Crippen molar-refractivity contribution in [3.8, 4) is 0 Å². The van der Waals surface area contributed by atoms with Gasteiger partial charge in [-0.15, -0.1) is 0 Å². The number of halogens is 2. The molecule has 0 radical (unpaired) electrons. The van der Waals surface area contributed by atoms with E-state index in [9.17, 15) is 4.39 Å². The van der Waals surface area contributed by atoms with E-state index in [1.165, 1.54) is 11.1 Å². The molecule has 0 saturated carbocycles. The van der Waals surface area contributed by atoms with Gasteiger partial charge in [0.05, 0.1) is 5.02 Å². The van der Waals surface area contributed by atoms with Crippen LogP contribution >= 0.6 is 11.6 Å². The molecule has 1 N–H and O–H groups in total. The van der Waals surface area contributed by atoms with Crippen LogP contribution in [0.4, 0.5) is 4.39 Å². The van der Waals surface area contributed by atoms with Gasteiger partial charge in [-0.25, -0.2) is 4.39 Å². The Morgan fingerprint density at radius 3 is 2.58 bits per heavy atom. The molecule has 0 aliphatic carbocycles. The third-order valence-corrected chi connectivity index (χ3v) is 3.68. The molecule has 0 spiro atoms. The lowest BCUT2D eigenvalue weighted by atomic mass is 9.96. The van der Waals surface area contributed by atoms with Crippen molar-refractivity contribution < 1.29 is 4.39 Å². The summed E-state index contributed by atoms with van der Waals surface area (Å²) in [6.07, 6.45) is 0.737. The molecule has 2 rings (SSSR count). The van der Waals surface area contributed by atoms with E-state index >= 15 is 0 Å². The third kappa shape index (κ3) is 3.14. The molecular weight excluding hydrogens is 261 g/mol. The van der Waals surface area contributed by atoms with E-state index in [0.29, 0.717) is 5.56 Å². The molecule has 0 amide bonds. The van der Waals surface area contributed by atoms with Crippen molar-refractivity contribution in [3.63, 3.8) is 0 Å². The molecule has 2 aromatic rings. The highest BCUT2D eigenvalue weighted by Gasteiger charge is 2.17. The first-order valence-corrected chi connectivity index (χ1v) is 6.67. The quantitative estimate of drug-likeness (QED) is 0.879. The fraction of sp³-hybridized carbons (Fsp3) is 0.250. The number of hydrogen-bond donors (Lipinski definition) is 1. The fourth-order valence-electron chi connectivity index (χ4n) is 2.22. The number of likely N-dealkylation sites (N-methyl/N-ethyl adjacent to an activating group) is 1. The molecule has 0 heterocycles. The van der Waals surface area contributed by atoms with Crippen molar-refractivity contribution in [3.05, 3.63) is 70.0 Å². The SMILES string of the molecule is CNC(Cc1ccccc1C)c1cccc(Cl)c1F. The van der Waals surface area contributed by atoms with Crippen LogP contribution in [-0.4, -0.2) is 7.05 Å². The van der Waals surface area contributed by atoms with Crippen molar-refractivity contribution in [2.45, 2.75) is 19.4 Å². The highest BCUT2D eigenvalue weighted by Crippen LogP contribution is 2.26. The Balaban J connectivity index is 2.31. The number of rotatable bonds is 4. The lowest BCUT2D eigenvalue weighted by Crippen LogP contribution is -2.20. The van der Waals surface area contributed by atoms with Crippen LogP contribution in [0.3, 0.4) is 0 Å². The zero-order valence-electron chi connectivity index (χ0n) is 11.1. The molecule has 0 aliphatic heterocycles. The van der Waals surface area contributed by atoms with Crippen molar-refractivity contribution in [1.82, 2.24) is 5.32 Å². The van der Waals surface area contributed by atoms with E-state index in [0.717, 1.165) is 6.42 Å². The maximum absolute atomic E-state index is 14.1. The Labute approximate surface area is 118 Å². The summed E-state index contributed by atoms with van der Waals surface area (Å²) in [7, 11) is 1.84. The van der Waals surface area contributed by atoms with Crippen molar-refractivity contribution >= 4 is 11.6 Å². The Kier molecular flexibility index (Phi) is 4.56. The van der Waals surface area contributed by atoms with Gasteiger partial charge in [0.25, 0.3) is 0 Å². The molecule has 3 heteroatoms. The summed E-state index contributed by atoms with van der Waals surface area (Å²) in [6, 6.07) is 13.2. The van der Waals surface area contributed by atoms with Crippen LogP contribution in [0, 0.1) is 12.7 Å². The number of aryl methyl sites for hydroxylation is 1. The average molecular weight is 278 g/mol. The lowest BCUT2D eigenvalue weighted by molar-refractivity contribution is 0.533. The maximum atomic E-state index is 14.1. The van der Waals surface area contributed by atoms with Crippen molar-refractivity contribution in [2.24, 2.45) is 0 Å². The molecule has 0 aliphatic rings. The van der Waals surface area contributed by atoms with Crippen LogP contribution in [0.15, 0.2) is 42.5 Å². The van der Waals surface area contributed by atoms with Gasteiger partial charge in [-0.2, -0.15) is 0 Å². The van der Waals surface area contributed by atoms with Crippen LogP contribution in [0.25, 0.3) is 0 Å². The third-order valence-electron chi connectivity index (χ3n) is 3.39. The van der Waals surface area contributed by atoms with Crippen molar-refractivity contribution in [1.29, 1.82) is 0 Å². The van der Waals surface area contributed by atoms with Crippen molar-refractivity contribution in [2.75, 3.05) is 7.05 Å². The molecular formula is C16H17ClFN. The van der Waals surface area contributed by atoms with Gasteiger partial charge in [0, 0.05) is 11.6 Å². The van der Waals surface area contributed by atoms with E-state index in [4.69, 9.17) is 11.6 Å². The smallest absolute Gasteiger partial charge is 0.146 e. The standard InChI is InChI=1S/C16H17ClFN/c1-11-6-3-4-7-12(11)10-15(19-2)13-8-5-9-14(17)16(13)18/h3-9,15,19H,10H2,1-2H3. The minimum atomic E-state index is -0.336. The molecule has 0 bridgehead atoms. The van der Waals surface area contributed by atoms with Crippen LogP contribution in [0.2, 0.25) is 5.02 Å². The molecule has 100 valence electrons. The highest BCUT2D eigenvalue weighted by molar-refractivity contribution is 6.30. The Morgan fingerprint density at radius 2 is 1.89 bits per heavy atom. The largest absolute Gasteiger partial charge is 0.313 e. The van der Waals surface area contributed by atoms with Gasteiger partial charge in [0.1, 0.15) is 5.82 Å². The summed E-state index contributed by atoms with van der Waals surface area (Å²) in [5, 5.41) is 3.33. The first kappa shape index (κ1) is 14.0. The zero-order chi connectivity index (χ0) is 13.8. The van der Waals surface area contributed by atoms with Crippen LogP contribution < -0.4 is 5.32 Å². The summed E-state index contributed by atoms with van der Waals surface area (Å²) in [4.78, 5) is 0. The van der Waals surface area contributed by atoms with Crippen LogP contribution in [0.5, 0.6) is 0 Å². The first-order valence-electron chi connectivity index (χ1n) is 6.29. The molecule has 0 fully saturated rings. The van der Waals surface area contributed by atoms with Gasteiger partial charge < -0.3 is 5.32 Å². The van der Waals surface area contributed by atoms with Crippen LogP contribution in [-0.2, 0) is 6.42 Å². The van der Waals surface area contributed by atoms with Gasteiger partial charge in [-0.3, -0.25) is 0 Å². The van der Waals surface area contributed by atoms with E-state index < -0.39 is 0 Å². The van der Waals surface area contributed by atoms with E-state index in [1.807, 2.05) is 19.2 Å². The average Bonchev–Trinajstić information content (AvgIpc) is 2.41. The molecule has 19 heavy (non-hydrogen) atoms. The summed E-state index contributed by atoms with van der Waals surface area (Å²) < 4.78 is 14.1. The zero-order valence-corrected chi connectivity index (χ0v) is 11.8. The lowest BCUT2D eigenvalue weighted by Gasteiger charge is -2.19. The second-order valence-corrected chi connectivity index (χ2v) is 5.02. The summed E-state index contributed by atoms with van der Waals surface area (Å²) in [5.41, 5.74) is 3.03. The molecule has 1 nitrogen and oxygen atoms in total. The monoisotopic (exact) mass is 277 g/mol. The summed E-state index contributed by atoms with van der Waals surface area (Å²) in [6.45, 7) is 2.07. The van der Waals surface area contributed by atoms with Gasteiger partial charge in [0.2, 0.25) is 0 Å². The van der Waals surface area contributed by atoms with Crippen LogP contribution in [0.1, 0.15) is 22.7 Å². The molecule has 0 saturated heterocycles. The van der Waals surface area contributed by atoms with Gasteiger partial charge in [0.15, 0.2) is 0 Å². The minimum absolute atomic E-state index is 0.0835. The summed E-state index contributed by atoms with van der Waals surface area (Å²) in [5.74, 6) is -0.336. The number of hydrogen-bond acceptors (Lipinski definition) is 1. The predicted molar refractivity (Wildman–Crippen MR) is 78.1 cm³/mol. The second kappa shape index (κ2) is 6.18. The molecule has 2 aromatic carbocycles. The van der Waals surface area contributed by atoms with Gasteiger partial charge >= 0.3 is 0 Å². The highest BCUT2D eigenvalue weighted by atomic mass is 35.5. The van der Waals surface area contributed by atoms with Gasteiger partial charge in [-0.1, -0.05) is 48.0 Å². The first-order chi connectivity index (χ1) is 9.13. The fourth-order valence-corrected chi connectivity index (χ4v) is 2.40.